The number of primary amides is 1. The largest absolute Gasteiger partial charge is 0.418 e. The lowest BCUT2D eigenvalue weighted by atomic mass is 10.0. The highest BCUT2D eigenvalue weighted by Crippen LogP contribution is 2.30. The van der Waals surface area contributed by atoms with Crippen LogP contribution in [0.15, 0.2) is 4.99 Å². The van der Waals surface area contributed by atoms with Crippen molar-refractivity contribution in [2.24, 2.45) is 16.5 Å². The van der Waals surface area contributed by atoms with Gasteiger partial charge in [-0.05, 0) is 12.8 Å². The molecule has 24 heavy (non-hydrogen) atoms. The minimum absolute atomic E-state index is 0.100. The number of piperidine rings is 1. The molecule has 0 aromatic carbocycles. The number of nitrogens with two attached hydrogens (primary N) is 2. The first-order valence-electron chi connectivity index (χ1n) is 6.75. The van der Waals surface area contributed by atoms with Gasteiger partial charge in [0.2, 0.25) is 0 Å². The number of hydrogen-bond donors (Lipinski definition) is 4. The van der Waals surface area contributed by atoms with Gasteiger partial charge in [-0.15, -0.1) is 4.28 Å². The molecule has 0 aliphatic carbocycles. The van der Waals surface area contributed by atoms with E-state index in [1.165, 1.54) is 4.90 Å². The fraction of sp³-hybridized carbons (Fsp3) is 0.600. The Kier molecular flexibility index (Phi) is 4.91. The first-order valence-corrected chi connectivity index (χ1v) is 8.12. The van der Waals surface area contributed by atoms with E-state index in [1.54, 1.807) is 0 Å². The number of carbonyl (C=O) groups excluding carboxylic acids is 3. The van der Waals surface area contributed by atoms with Crippen molar-refractivity contribution in [2.45, 2.75) is 24.9 Å². The maximum absolute atomic E-state index is 12.2. The topological polar surface area (TPSA) is 198 Å². The number of hydroxylamine groups is 2. The third-order valence-corrected chi connectivity index (χ3v) is 3.86. The summed E-state index contributed by atoms with van der Waals surface area (Å²) in [6, 6.07) is -3.02. The Morgan fingerprint density at radius 3 is 2.62 bits per heavy atom. The molecule has 5 amide bonds. The highest BCUT2D eigenvalue weighted by molar-refractivity contribution is 7.80. The number of amidine groups is 1. The van der Waals surface area contributed by atoms with Crippen molar-refractivity contribution in [3.05, 3.63) is 0 Å². The van der Waals surface area contributed by atoms with E-state index in [9.17, 15) is 22.8 Å². The molecule has 2 atom stereocenters. The van der Waals surface area contributed by atoms with Crippen LogP contribution < -0.4 is 16.8 Å². The second-order valence-corrected chi connectivity index (χ2v) is 6.16. The summed E-state index contributed by atoms with van der Waals surface area (Å²) in [6.07, 6.45) is 0.639. The van der Waals surface area contributed by atoms with Crippen LogP contribution in [0.1, 0.15) is 12.8 Å². The molecular formula is C10H16N6O7S. The van der Waals surface area contributed by atoms with Gasteiger partial charge in [-0.3, -0.25) is 9.35 Å². The molecule has 0 spiro atoms. The maximum Gasteiger partial charge on any atom is 0.418 e. The van der Waals surface area contributed by atoms with Gasteiger partial charge in [0.1, 0.15) is 12.4 Å². The summed E-state index contributed by atoms with van der Waals surface area (Å²) in [5.74, 6) is -0.919. The van der Waals surface area contributed by atoms with E-state index in [1.807, 2.05) is 0 Å². The molecule has 134 valence electrons. The van der Waals surface area contributed by atoms with E-state index >= 15 is 0 Å². The number of nitrogens with one attached hydrogen (secondary N) is 1. The van der Waals surface area contributed by atoms with Crippen molar-refractivity contribution in [1.29, 1.82) is 0 Å². The molecule has 14 heteroatoms. The quantitative estimate of drug-likeness (QED) is 0.234. The zero-order valence-electron chi connectivity index (χ0n) is 12.3. The third-order valence-electron chi connectivity index (χ3n) is 3.51. The van der Waals surface area contributed by atoms with Crippen LogP contribution in [0.25, 0.3) is 0 Å². The summed E-state index contributed by atoms with van der Waals surface area (Å²) in [4.78, 5) is 39.0. The molecule has 0 radical (unpaired) electrons. The predicted molar refractivity (Wildman–Crippen MR) is 77.6 cm³/mol. The van der Waals surface area contributed by atoms with Crippen LogP contribution in [-0.2, 0) is 19.5 Å². The average molecular weight is 364 g/mol. The van der Waals surface area contributed by atoms with E-state index in [0.29, 0.717) is 17.9 Å². The van der Waals surface area contributed by atoms with Crippen molar-refractivity contribution in [2.75, 3.05) is 13.1 Å². The van der Waals surface area contributed by atoms with Crippen molar-refractivity contribution in [1.82, 2.24) is 15.3 Å². The molecule has 2 rings (SSSR count). The van der Waals surface area contributed by atoms with E-state index in [0.717, 1.165) is 0 Å². The average Bonchev–Trinajstić information content (AvgIpc) is 2.69. The molecule has 2 bridgehead atoms. The fourth-order valence-corrected chi connectivity index (χ4v) is 2.95. The van der Waals surface area contributed by atoms with Gasteiger partial charge in [-0.2, -0.15) is 18.5 Å². The molecular weight excluding hydrogens is 348 g/mol. The van der Waals surface area contributed by atoms with Crippen LogP contribution in [-0.4, -0.2) is 71.9 Å². The number of rotatable bonds is 5. The van der Waals surface area contributed by atoms with Gasteiger partial charge in [0, 0.05) is 6.54 Å². The Balaban J connectivity index is 2.07. The van der Waals surface area contributed by atoms with Gasteiger partial charge < -0.3 is 21.7 Å². The van der Waals surface area contributed by atoms with Crippen molar-refractivity contribution < 1.29 is 31.6 Å². The van der Waals surface area contributed by atoms with Gasteiger partial charge >= 0.3 is 22.5 Å². The molecule has 0 aromatic rings. The van der Waals surface area contributed by atoms with Gasteiger partial charge in [-0.1, -0.05) is 0 Å². The number of carbonyl (C=O) groups is 3. The summed E-state index contributed by atoms with van der Waals surface area (Å²) in [7, 11) is -4.84. The van der Waals surface area contributed by atoms with Crippen LogP contribution >= 0.6 is 0 Å². The Morgan fingerprint density at radius 1 is 1.38 bits per heavy atom. The lowest BCUT2D eigenvalue weighted by Gasteiger charge is -2.29. The molecule has 6 N–H and O–H groups in total. The van der Waals surface area contributed by atoms with Crippen LogP contribution in [0.5, 0.6) is 0 Å². The van der Waals surface area contributed by atoms with Gasteiger partial charge in [-0.25, -0.2) is 9.59 Å². The second-order valence-electron chi connectivity index (χ2n) is 5.16. The van der Waals surface area contributed by atoms with Gasteiger partial charge in [0.05, 0.1) is 12.1 Å². The fourth-order valence-electron chi connectivity index (χ4n) is 2.56. The molecule has 0 saturated carbocycles. The monoisotopic (exact) mass is 364 g/mol. The standard InChI is InChI=1S/C10H16N6O7S/c11-8(14-7(17)3-13-9(12)18)6-2-1-5-4-15(6)10(19)16(5)23-24(20,21)22/h5-6H,1-4H2,(H2,11,14,17)(H3,12,13,18)(H,20,21,22). The smallest absolute Gasteiger partial charge is 0.385 e. The minimum atomic E-state index is -4.84. The summed E-state index contributed by atoms with van der Waals surface area (Å²) >= 11 is 0. The first kappa shape index (κ1) is 17.9. The minimum Gasteiger partial charge on any atom is -0.385 e. The molecule has 13 nitrogen and oxygen atoms in total. The number of amides is 5. The third kappa shape index (κ3) is 4.09. The van der Waals surface area contributed by atoms with Gasteiger partial charge in [0.25, 0.3) is 5.91 Å². The van der Waals surface area contributed by atoms with Crippen LogP contribution in [0.2, 0.25) is 0 Å². The van der Waals surface area contributed by atoms with Crippen molar-refractivity contribution in [3.8, 4) is 0 Å². The number of urea groups is 2. The highest BCUT2D eigenvalue weighted by Gasteiger charge is 2.48. The first-order chi connectivity index (χ1) is 11.1. The SMILES string of the molecule is NC(=O)NCC(=O)N=C(N)C1CCC2CN1C(=O)N2OS(=O)(=O)O. The van der Waals surface area contributed by atoms with E-state index in [-0.39, 0.29) is 12.4 Å². The molecule has 2 unspecified atom stereocenters. The lowest BCUT2D eigenvalue weighted by Crippen LogP contribution is -2.48. The number of hydrogen-bond acceptors (Lipinski definition) is 6. The van der Waals surface area contributed by atoms with E-state index in [2.05, 4.69) is 14.6 Å². The molecule has 2 saturated heterocycles. The number of fused-ring (bicyclic) bond motifs is 2. The normalized spacial score (nSPS) is 24.2. The van der Waals surface area contributed by atoms with Crippen LogP contribution in [0, 0.1) is 0 Å². The Hall–Kier alpha value is -2.45. The Labute approximate surface area is 136 Å². The Morgan fingerprint density at radius 2 is 2.04 bits per heavy atom. The highest BCUT2D eigenvalue weighted by atomic mass is 32.3. The predicted octanol–water partition coefficient (Wildman–Crippen LogP) is -2.46. The number of nitrogens with zero attached hydrogens (tertiary/aromatic N) is 3. The second kappa shape index (κ2) is 6.58. The summed E-state index contributed by atoms with van der Waals surface area (Å²) < 4.78 is 34.6. The molecule has 0 aromatic heterocycles. The molecule has 2 aliphatic rings. The number of aliphatic imine (C=N–C) groups is 1. The summed E-state index contributed by atoms with van der Waals surface area (Å²) in [6.45, 7) is -0.347. The van der Waals surface area contributed by atoms with Gasteiger partial charge in [0.15, 0.2) is 0 Å². The van der Waals surface area contributed by atoms with E-state index in [4.69, 9.17) is 16.0 Å². The van der Waals surface area contributed by atoms with Crippen LogP contribution in [0.3, 0.4) is 0 Å². The molecule has 2 fully saturated rings. The Bertz CT molecular complexity index is 692. The van der Waals surface area contributed by atoms with Crippen LogP contribution in [0.4, 0.5) is 9.59 Å². The zero-order valence-corrected chi connectivity index (χ0v) is 13.1. The maximum atomic E-state index is 12.2. The summed E-state index contributed by atoms with van der Waals surface area (Å²) in [5.41, 5.74) is 10.6. The molecule has 2 aliphatic heterocycles. The van der Waals surface area contributed by atoms with Crippen molar-refractivity contribution in [3.63, 3.8) is 0 Å². The zero-order chi connectivity index (χ0) is 18.1. The van der Waals surface area contributed by atoms with Crippen molar-refractivity contribution >= 4 is 34.2 Å². The molecule has 2 heterocycles. The lowest BCUT2D eigenvalue weighted by molar-refractivity contribution is -0.116. The summed E-state index contributed by atoms with van der Waals surface area (Å²) in [5, 5.41) is 2.61. The van der Waals surface area contributed by atoms with E-state index < -0.39 is 47.0 Å².